The molecule has 3 fully saturated rings. The molecule has 2 amide bonds. The van der Waals surface area contributed by atoms with Gasteiger partial charge in [-0.05, 0) is 75.6 Å². The Kier molecular flexibility index (Phi) is 9.67. The summed E-state index contributed by atoms with van der Waals surface area (Å²) in [6.07, 6.45) is 6.38. The number of benzene rings is 2. The van der Waals surface area contributed by atoms with E-state index in [9.17, 15) is 14.7 Å². The van der Waals surface area contributed by atoms with Gasteiger partial charge in [0.15, 0.2) is 6.29 Å². The molecular weight excluding hydrogens is 530 g/mol. The number of likely N-dealkylation sites (tertiary alicyclic amines) is 1. The van der Waals surface area contributed by atoms with E-state index >= 15 is 0 Å². The van der Waals surface area contributed by atoms with Crippen LogP contribution in [0.1, 0.15) is 102 Å². The summed E-state index contributed by atoms with van der Waals surface area (Å²) in [5.74, 6) is 0.586. The van der Waals surface area contributed by atoms with Gasteiger partial charge >= 0.3 is 0 Å². The summed E-state index contributed by atoms with van der Waals surface area (Å²) in [6.45, 7) is 8.25. The monoisotopic (exact) mass is 577 g/mol. The van der Waals surface area contributed by atoms with Crippen LogP contribution in [0, 0.1) is 5.92 Å². The lowest BCUT2D eigenvalue weighted by Gasteiger charge is -2.50. The molecule has 42 heavy (non-hydrogen) atoms. The molecule has 3 N–H and O–H groups in total. The molecule has 2 saturated heterocycles. The fourth-order valence-corrected chi connectivity index (χ4v) is 6.96. The van der Waals surface area contributed by atoms with E-state index in [2.05, 4.69) is 15.5 Å². The highest BCUT2D eigenvalue weighted by Gasteiger charge is 2.44. The average molecular weight is 578 g/mol. The molecule has 2 aromatic carbocycles. The standard InChI is InChI=1S/C34H47N3O5/c1-22(39)35-27-10-7-9-26(18-27)33-41-28(19-31(42-33)25-14-12-23(21-38)13-15-25)20-37-29-11-6-5-8-24(29)16-17-30(37)32(40)36-34(2,3)4/h7,9-10,12-15,18,24,28-31,33,38H,5-6,8,11,16-17,19-21H2,1-4H3,(H,35,39)(H,36,40). The zero-order valence-electron chi connectivity index (χ0n) is 25.5. The van der Waals surface area contributed by atoms with Gasteiger partial charge in [0.05, 0.1) is 24.9 Å². The molecule has 1 aliphatic carbocycles. The Morgan fingerprint density at radius 1 is 0.976 bits per heavy atom. The number of ether oxygens (including phenoxy) is 2. The van der Waals surface area contributed by atoms with E-state index in [1.54, 1.807) is 0 Å². The number of rotatable bonds is 7. The topological polar surface area (TPSA) is 100 Å². The predicted octanol–water partition coefficient (Wildman–Crippen LogP) is 5.62. The second kappa shape index (κ2) is 13.2. The Bertz CT molecular complexity index is 1230. The fraction of sp³-hybridized carbons (Fsp3) is 0.588. The Labute approximate surface area is 250 Å². The molecule has 6 atom stereocenters. The zero-order valence-corrected chi connectivity index (χ0v) is 25.5. The molecule has 0 aromatic heterocycles. The molecule has 5 rings (SSSR count). The number of nitrogens with one attached hydrogen (secondary N) is 2. The van der Waals surface area contributed by atoms with Gasteiger partial charge in [-0.15, -0.1) is 0 Å². The van der Waals surface area contributed by atoms with Crippen LogP contribution in [0.5, 0.6) is 0 Å². The number of carbonyl (C=O) groups excluding carboxylic acids is 2. The van der Waals surface area contributed by atoms with Crippen molar-refractivity contribution in [3.05, 3.63) is 65.2 Å². The molecule has 228 valence electrons. The van der Waals surface area contributed by atoms with Crippen molar-refractivity contribution in [3.63, 3.8) is 0 Å². The number of amides is 2. The van der Waals surface area contributed by atoms with Crippen LogP contribution < -0.4 is 10.6 Å². The number of aliphatic hydroxyl groups excluding tert-OH is 1. The fourth-order valence-electron chi connectivity index (χ4n) is 6.96. The van der Waals surface area contributed by atoms with E-state index < -0.39 is 6.29 Å². The number of carbonyl (C=O) groups is 2. The van der Waals surface area contributed by atoms with Crippen LogP contribution in [0.4, 0.5) is 5.69 Å². The Hall–Kier alpha value is -2.78. The smallest absolute Gasteiger partial charge is 0.237 e. The normalized spacial score (nSPS) is 28.5. The van der Waals surface area contributed by atoms with Gasteiger partial charge < -0.3 is 25.2 Å². The molecule has 6 unspecified atom stereocenters. The summed E-state index contributed by atoms with van der Waals surface area (Å²) in [5.41, 5.74) is 3.11. The number of fused-ring (bicyclic) bond motifs is 1. The highest BCUT2D eigenvalue weighted by molar-refractivity contribution is 5.88. The van der Waals surface area contributed by atoms with Crippen LogP contribution in [0.2, 0.25) is 0 Å². The first kappa shape index (κ1) is 30.7. The number of nitrogens with zero attached hydrogens (tertiary/aromatic N) is 1. The van der Waals surface area contributed by atoms with E-state index in [1.165, 1.54) is 26.2 Å². The summed E-state index contributed by atoms with van der Waals surface area (Å²) in [5, 5.41) is 15.7. The minimum absolute atomic E-state index is 0.00829. The van der Waals surface area contributed by atoms with Gasteiger partial charge in [0, 0.05) is 42.7 Å². The third-order valence-electron chi connectivity index (χ3n) is 8.82. The number of aliphatic hydroxyl groups is 1. The van der Waals surface area contributed by atoms with Crippen LogP contribution in [-0.2, 0) is 25.7 Å². The molecule has 2 aromatic rings. The Morgan fingerprint density at radius 3 is 2.45 bits per heavy atom. The quantitative estimate of drug-likeness (QED) is 0.395. The van der Waals surface area contributed by atoms with Gasteiger partial charge in [0.25, 0.3) is 0 Å². The summed E-state index contributed by atoms with van der Waals surface area (Å²) < 4.78 is 13.3. The lowest BCUT2D eigenvalue weighted by Crippen LogP contribution is -2.61. The van der Waals surface area contributed by atoms with Crippen molar-refractivity contribution in [3.8, 4) is 0 Å². The second-order valence-corrected chi connectivity index (χ2v) is 13.3. The van der Waals surface area contributed by atoms with Crippen molar-refractivity contribution in [2.75, 3.05) is 11.9 Å². The largest absolute Gasteiger partial charge is 0.392 e. The predicted molar refractivity (Wildman–Crippen MR) is 163 cm³/mol. The summed E-state index contributed by atoms with van der Waals surface area (Å²) >= 11 is 0. The van der Waals surface area contributed by atoms with Crippen LogP contribution in [-0.4, -0.2) is 52.1 Å². The van der Waals surface area contributed by atoms with E-state index in [-0.39, 0.29) is 42.2 Å². The van der Waals surface area contributed by atoms with Gasteiger partial charge in [-0.1, -0.05) is 49.2 Å². The lowest BCUT2D eigenvalue weighted by molar-refractivity contribution is -0.255. The molecular formula is C34H47N3O5. The molecule has 2 aliphatic heterocycles. The van der Waals surface area contributed by atoms with Crippen molar-refractivity contribution < 1.29 is 24.2 Å². The number of hydrogen-bond acceptors (Lipinski definition) is 6. The first-order valence-electron chi connectivity index (χ1n) is 15.6. The first-order valence-corrected chi connectivity index (χ1v) is 15.6. The van der Waals surface area contributed by atoms with Crippen LogP contribution in [0.15, 0.2) is 48.5 Å². The highest BCUT2D eigenvalue weighted by atomic mass is 16.7. The summed E-state index contributed by atoms with van der Waals surface area (Å²) in [4.78, 5) is 27.8. The molecule has 0 bridgehead atoms. The van der Waals surface area contributed by atoms with Crippen LogP contribution >= 0.6 is 0 Å². The van der Waals surface area contributed by atoms with Crippen LogP contribution in [0.3, 0.4) is 0 Å². The number of piperidine rings is 1. The SMILES string of the molecule is CC(=O)Nc1cccc(C2OC(CN3C(C(=O)NC(C)(C)C)CCC4CCCCC43)CC(c3ccc(CO)cc3)O2)c1. The highest BCUT2D eigenvalue weighted by Crippen LogP contribution is 2.42. The van der Waals surface area contributed by atoms with Crippen molar-refractivity contribution in [2.45, 2.75) is 115 Å². The van der Waals surface area contributed by atoms with Gasteiger partial charge in [-0.25, -0.2) is 0 Å². The van der Waals surface area contributed by atoms with E-state index in [1.807, 2.05) is 69.3 Å². The maximum atomic E-state index is 13.6. The molecule has 2 heterocycles. The van der Waals surface area contributed by atoms with E-state index in [0.29, 0.717) is 30.6 Å². The summed E-state index contributed by atoms with van der Waals surface area (Å²) in [7, 11) is 0. The van der Waals surface area contributed by atoms with Gasteiger partial charge in [-0.3, -0.25) is 14.5 Å². The third kappa shape index (κ3) is 7.59. The maximum Gasteiger partial charge on any atom is 0.237 e. The molecule has 0 spiro atoms. The van der Waals surface area contributed by atoms with Crippen molar-refractivity contribution >= 4 is 17.5 Å². The second-order valence-electron chi connectivity index (χ2n) is 13.3. The maximum absolute atomic E-state index is 13.6. The van der Waals surface area contributed by atoms with Crippen molar-refractivity contribution in [1.29, 1.82) is 0 Å². The van der Waals surface area contributed by atoms with E-state index in [0.717, 1.165) is 36.0 Å². The minimum atomic E-state index is -0.631. The Morgan fingerprint density at radius 2 is 1.74 bits per heavy atom. The lowest BCUT2D eigenvalue weighted by atomic mass is 9.75. The number of hydrogen-bond donors (Lipinski definition) is 3. The molecule has 3 aliphatic rings. The molecule has 0 radical (unpaired) electrons. The Balaban J connectivity index is 1.43. The van der Waals surface area contributed by atoms with Gasteiger partial charge in [0.2, 0.25) is 11.8 Å². The number of anilines is 1. The molecule has 8 heteroatoms. The van der Waals surface area contributed by atoms with Crippen molar-refractivity contribution in [2.24, 2.45) is 5.92 Å². The summed E-state index contributed by atoms with van der Waals surface area (Å²) in [6, 6.07) is 15.7. The average Bonchev–Trinajstić information content (AvgIpc) is 2.96. The van der Waals surface area contributed by atoms with Crippen LogP contribution in [0.25, 0.3) is 0 Å². The van der Waals surface area contributed by atoms with Crippen molar-refractivity contribution in [1.82, 2.24) is 10.2 Å². The first-order chi connectivity index (χ1) is 20.1. The van der Waals surface area contributed by atoms with Gasteiger partial charge in [-0.2, -0.15) is 0 Å². The zero-order chi connectivity index (χ0) is 29.9. The van der Waals surface area contributed by atoms with Gasteiger partial charge in [0.1, 0.15) is 0 Å². The molecule has 8 nitrogen and oxygen atoms in total. The molecule has 1 saturated carbocycles. The van der Waals surface area contributed by atoms with E-state index in [4.69, 9.17) is 9.47 Å². The third-order valence-corrected chi connectivity index (χ3v) is 8.82. The minimum Gasteiger partial charge on any atom is -0.392 e.